The van der Waals surface area contributed by atoms with Crippen molar-refractivity contribution in [1.29, 1.82) is 0 Å². The maximum absolute atomic E-state index is 11.8. The van der Waals surface area contributed by atoms with Crippen LogP contribution >= 0.6 is 0 Å². The van der Waals surface area contributed by atoms with Crippen molar-refractivity contribution in [2.24, 2.45) is 0 Å². The van der Waals surface area contributed by atoms with Gasteiger partial charge in [0.1, 0.15) is 0 Å². The SMILES string of the molecule is Cc1ccc(C)c(-n2cc(C(=O)O)ccc2=O)c1. The summed E-state index contributed by atoms with van der Waals surface area (Å²) in [6, 6.07) is 8.30. The number of rotatable bonds is 2. The molecule has 0 spiro atoms. The van der Waals surface area contributed by atoms with Gasteiger partial charge in [-0.3, -0.25) is 9.36 Å². The standard InChI is InChI=1S/C14H13NO3/c1-9-3-4-10(2)12(7-9)15-8-11(14(17)18)5-6-13(15)16/h3-8H,1-2H3,(H,17,18). The Balaban J connectivity index is 2.70. The molecular weight excluding hydrogens is 230 g/mol. The van der Waals surface area contributed by atoms with E-state index < -0.39 is 5.97 Å². The van der Waals surface area contributed by atoms with E-state index in [1.807, 2.05) is 32.0 Å². The Kier molecular flexibility index (Phi) is 3.02. The lowest BCUT2D eigenvalue weighted by molar-refractivity contribution is 0.0696. The summed E-state index contributed by atoms with van der Waals surface area (Å²) < 4.78 is 1.37. The Morgan fingerprint density at radius 3 is 2.56 bits per heavy atom. The molecule has 0 fully saturated rings. The molecule has 0 aliphatic heterocycles. The van der Waals surface area contributed by atoms with Gasteiger partial charge in [-0.2, -0.15) is 0 Å². The van der Waals surface area contributed by atoms with Crippen molar-refractivity contribution in [2.45, 2.75) is 13.8 Å². The number of carboxylic acid groups (broad SMARTS) is 1. The van der Waals surface area contributed by atoms with Crippen LogP contribution in [0.1, 0.15) is 21.5 Å². The number of aromatic nitrogens is 1. The van der Waals surface area contributed by atoms with Crippen LogP contribution < -0.4 is 5.56 Å². The lowest BCUT2D eigenvalue weighted by Crippen LogP contribution is -2.19. The van der Waals surface area contributed by atoms with E-state index in [0.717, 1.165) is 11.1 Å². The van der Waals surface area contributed by atoms with E-state index in [4.69, 9.17) is 5.11 Å². The second-order valence-electron chi connectivity index (χ2n) is 4.22. The van der Waals surface area contributed by atoms with Gasteiger partial charge in [-0.15, -0.1) is 0 Å². The summed E-state index contributed by atoms with van der Waals surface area (Å²) in [5, 5.41) is 8.96. The van der Waals surface area contributed by atoms with Gasteiger partial charge >= 0.3 is 5.97 Å². The Hall–Kier alpha value is -2.36. The van der Waals surface area contributed by atoms with Gasteiger partial charge in [-0.25, -0.2) is 4.79 Å². The summed E-state index contributed by atoms with van der Waals surface area (Å²) in [6.07, 6.45) is 1.35. The zero-order valence-electron chi connectivity index (χ0n) is 10.2. The van der Waals surface area contributed by atoms with Crippen LogP contribution in [0, 0.1) is 13.8 Å². The van der Waals surface area contributed by atoms with Crippen LogP contribution in [-0.4, -0.2) is 15.6 Å². The fourth-order valence-electron chi connectivity index (χ4n) is 1.78. The molecule has 0 saturated carbocycles. The van der Waals surface area contributed by atoms with Crippen LogP contribution in [0.3, 0.4) is 0 Å². The fraction of sp³-hybridized carbons (Fsp3) is 0.143. The molecule has 4 heteroatoms. The first-order chi connectivity index (χ1) is 8.49. The number of nitrogens with zero attached hydrogens (tertiary/aromatic N) is 1. The van der Waals surface area contributed by atoms with E-state index >= 15 is 0 Å². The van der Waals surface area contributed by atoms with E-state index in [1.54, 1.807) is 0 Å². The molecule has 0 bridgehead atoms. The van der Waals surface area contributed by atoms with Crippen molar-refractivity contribution in [3.05, 3.63) is 63.6 Å². The fourth-order valence-corrected chi connectivity index (χ4v) is 1.78. The van der Waals surface area contributed by atoms with Crippen molar-refractivity contribution < 1.29 is 9.90 Å². The smallest absolute Gasteiger partial charge is 0.337 e. The van der Waals surface area contributed by atoms with Crippen LogP contribution in [0.25, 0.3) is 5.69 Å². The molecule has 0 aliphatic carbocycles. The van der Waals surface area contributed by atoms with E-state index in [1.165, 1.54) is 22.9 Å². The van der Waals surface area contributed by atoms with Gasteiger partial charge in [0.2, 0.25) is 0 Å². The maximum atomic E-state index is 11.8. The lowest BCUT2D eigenvalue weighted by atomic mass is 10.1. The zero-order chi connectivity index (χ0) is 13.3. The third-order valence-corrected chi connectivity index (χ3v) is 2.78. The first-order valence-electron chi connectivity index (χ1n) is 5.52. The Morgan fingerprint density at radius 1 is 1.17 bits per heavy atom. The van der Waals surface area contributed by atoms with Gasteiger partial charge in [-0.05, 0) is 37.1 Å². The number of pyridine rings is 1. The zero-order valence-corrected chi connectivity index (χ0v) is 10.2. The van der Waals surface area contributed by atoms with Crippen LogP contribution in [-0.2, 0) is 0 Å². The second kappa shape index (κ2) is 4.49. The molecular formula is C14H13NO3. The van der Waals surface area contributed by atoms with Crippen LogP contribution in [0.5, 0.6) is 0 Å². The van der Waals surface area contributed by atoms with Gasteiger partial charge in [0, 0.05) is 12.3 Å². The first kappa shape index (κ1) is 12.1. The van der Waals surface area contributed by atoms with Crippen molar-refractivity contribution in [2.75, 3.05) is 0 Å². The topological polar surface area (TPSA) is 59.3 Å². The van der Waals surface area contributed by atoms with Crippen LogP contribution in [0.15, 0.2) is 41.3 Å². The van der Waals surface area contributed by atoms with Gasteiger partial charge < -0.3 is 5.11 Å². The summed E-state index contributed by atoms with van der Waals surface area (Å²) in [6.45, 7) is 3.81. The van der Waals surface area contributed by atoms with Gasteiger partial charge in [0.25, 0.3) is 5.56 Å². The van der Waals surface area contributed by atoms with E-state index in [2.05, 4.69) is 0 Å². The number of hydrogen-bond donors (Lipinski definition) is 1. The average Bonchev–Trinajstić information content (AvgIpc) is 2.33. The molecule has 0 radical (unpaired) electrons. The molecule has 92 valence electrons. The van der Waals surface area contributed by atoms with E-state index in [-0.39, 0.29) is 11.1 Å². The molecule has 1 heterocycles. The van der Waals surface area contributed by atoms with Crippen molar-refractivity contribution in [1.82, 2.24) is 4.57 Å². The molecule has 2 rings (SSSR count). The first-order valence-corrected chi connectivity index (χ1v) is 5.52. The molecule has 18 heavy (non-hydrogen) atoms. The predicted molar refractivity (Wildman–Crippen MR) is 68.5 cm³/mol. The largest absolute Gasteiger partial charge is 0.478 e. The summed E-state index contributed by atoms with van der Waals surface area (Å²) >= 11 is 0. The van der Waals surface area contributed by atoms with E-state index in [9.17, 15) is 9.59 Å². The molecule has 0 amide bonds. The van der Waals surface area contributed by atoms with Crippen molar-refractivity contribution in [3.8, 4) is 5.69 Å². The monoisotopic (exact) mass is 243 g/mol. The third kappa shape index (κ3) is 2.18. The van der Waals surface area contributed by atoms with E-state index in [0.29, 0.717) is 5.69 Å². The summed E-state index contributed by atoms with van der Waals surface area (Å²) in [4.78, 5) is 22.8. The highest BCUT2D eigenvalue weighted by Crippen LogP contribution is 2.14. The number of aromatic carboxylic acids is 1. The summed E-state index contributed by atoms with van der Waals surface area (Å²) in [7, 11) is 0. The average molecular weight is 243 g/mol. The van der Waals surface area contributed by atoms with Crippen molar-refractivity contribution >= 4 is 5.97 Å². The number of aryl methyl sites for hydroxylation is 2. The number of carboxylic acids is 1. The predicted octanol–water partition coefficient (Wildman–Crippen LogP) is 2.15. The number of hydrogen-bond acceptors (Lipinski definition) is 2. The van der Waals surface area contributed by atoms with Crippen molar-refractivity contribution in [3.63, 3.8) is 0 Å². The number of carbonyl (C=O) groups is 1. The van der Waals surface area contributed by atoms with Crippen LogP contribution in [0.2, 0.25) is 0 Å². The Morgan fingerprint density at radius 2 is 1.89 bits per heavy atom. The summed E-state index contributed by atoms with van der Waals surface area (Å²) in [5.74, 6) is -1.05. The minimum Gasteiger partial charge on any atom is -0.478 e. The molecule has 2 aromatic rings. The minimum atomic E-state index is -1.05. The van der Waals surface area contributed by atoms with Crippen LogP contribution in [0.4, 0.5) is 0 Å². The summed E-state index contributed by atoms with van der Waals surface area (Å²) in [5.41, 5.74) is 2.50. The molecule has 4 nitrogen and oxygen atoms in total. The highest BCUT2D eigenvalue weighted by Gasteiger charge is 2.08. The molecule has 1 aromatic heterocycles. The normalized spacial score (nSPS) is 10.3. The highest BCUT2D eigenvalue weighted by atomic mass is 16.4. The van der Waals surface area contributed by atoms with Gasteiger partial charge in [0.15, 0.2) is 0 Å². The number of benzene rings is 1. The van der Waals surface area contributed by atoms with Gasteiger partial charge in [0.05, 0.1) is 11.3 Å². The highest BCUT2D eigenvalue weighted by molar-refractivity contribution is 5.87. The molecule has 0 unspecified atom stereocenters. The molecule has 0 saturated heterocycles. The second-order valence-corrected chi connectivity index (χ2v) is 4.22. The molecule has 0 aliphatic rings. The third-order valence-electron chi connectivity index (χ3n) is 2.78. The van der Waals surface area contributed by atoms with Gasteiger partial charge in [-0.1, -0.05) is 12.1 Å². The lowest BCUT2D eigenvalue weighted by Gasteiger charge is -2.10. The quantitative estimate of drug-likeness (QED) is 0.879. The maximum Gasteiger partial charge on any atom is 0.337 e. The minimum absolute atomic E-state index is 0.0931. The Labute approximate surface area is 104 Å². The molecule has 0 atom stereocenters. The Bertz CT molecular complexity index is 671. The molecule has 1 aromatic carbocycles. The molecule has 1 N–H and O–H groups in total.